The average molecular weight is 267 g/mol. The lowest BCUT2D eigenvalue weighted by Crippen LogP contribution is -2.39. The second-order valence-electron chi connectivity index (χ2n) is 4.51. The molecule has 8 nitrogen and oxygen atoms in total. The summed E-state index contributed by atoms with van der Waals surface area (Å²) in [6.07, 6.45) is 1.67. The van der Waals surface area contributed by atoms with Crippen molar-refractivity contribution in [2.75, 3.05) is 13.1 Å². The number of nitro groups is 1. The molecule has 0 aliphatic rings. The summed E-state index contributed by atoms with van der Waals surface area (Å²) in [5.41, 5.74) is -0.107. The van der Waals surface area contributed by atoms with Crippen molar-refractivity contribution < 1.29 is 10.0 Å². The minimum Gasteiger partial charge on any atom is -0.390 e. The van der Waals surface area contributed by atoms with Gasteiger partial charge in [-0.1, -0.05) is 0 Å². The SMILES string of the molecule is CC(C)N(CC#N)CC(O)Cn1cc([N+](=O)[O-])cn1. The van der Waals surface area contributed by atoms with Gasteiger partial charge in [0.05, 0.1) is 30.2 Å². The highest BCUT2D eigenvalue weighted by Crippen LogP contribution is 2.09. The van der Waals surface area contributed by atoms with Crippen LogP contribution in [0.2, 0.25) is 0 Å². The molecule has 0 saturated carbocycles. The second-order valence-corrected chi connectivity index (χ2v) is 4.51. The molecule has 1 aromatic heterocycles. The van der Waals surface area contributed by atoms with Crippen molar-refractivity contribution in [3.8, 4) is 6.07 Å². The molecule has 19 heavy (non-hydrogen) atoms. The fourth-order valence-electron chi connectivity index (χ4n) is 1.64. The lowest BCUT2D eigenvalue weighted by atomic mass is 10.2. The molecule has 0 aliphatic heterocycles. The third-order valence-electron chi connectivity index (χ3n) is 2.68. The quantitative estimate of drug-likeness (QED) is 0.435. The van der Waals surface area contributed by atoms with Gasteiger partial charge in [-0.3, -0.25) is 19.7 Å². The molecule has 1 heterocycles. The molecule has 0 aliphatic carbocycles. The third-order valence-corrected chi connectivity index (χ3v) is 2.68. The molecule has 0 spiro atoms. The second kappa shape index (κ2) is 6.82. The fourth-order valence-corrected chi connectivity index (χ4v) is 1.64. The van der Waals surface area contributed by atoms with Crippen molar-refractivity contribution in [2.24, 2.45) is 0 Å². The van der Waals surface area contributed by atoms with E-state index in [4.69, 9.17) is 5.26 Å². The van der Waals surface area contributed by atoms with E-state index in [1.165, 1.54) is 10.9 Å². The number of nitriles is 1. The van der Waals surface area contributed by atoms with Gasteiger partial charge in [-0.25, -0.2) is 0 Å². The predicted molar refractivity (Wildman–Crippen MR) is 67.2 cm³/mol. The number of aromatic nitrogens is 2. The summed E-state index contributed by atoms with van der Waals surface area (Å²) in [6, 6.07) is 2.18. The van der Waals surface area contributed by atoms with Crippen LogP contribution in [0.5, 0.6) is 0 Å². The molecule has 1 unspecified atom stereocenters. The van der Waals surface area contributed by atoms with Crippen LogP contribution >= 0.6 is 0 Å². The lowest BCUT2D eigenvalue weighted by Gasteiger charge is -2.25. The maximum absolute atomic E-state index is 10.5. The van der Waals surface area contributed by atoms with Crippen LogP contribution in [0, 0.1) is 21.4 Å². The molecule has 8 heteroatoms. The monoisotopic (exact) mass is 267 g/mol. The van der Waals surface area contributed by atoms with Gasteiger partial charge in [0.25, 0.3) is 0 Å². The molecular weight excluding hydrogens is 250 g/mol. The molecule has 1 rings (SSSR count). The average Bonchev–Trinajstić information content (AvgIpc) is 2.76. The zero-order chi connectivity index (χ0) is 14.4. The van der Waals surface area contributed by atoms with Gasteiger partial charge in [0.15, 0.2) is 0 Å². The topological polar surface area (TPSA) is 108 Å². The van der Waals surface area contributed by atoms with Crippen molar-refractivity contribution in [1.29, 1.82) is 5.26 Å². The van der Waals surface area contributed by atoms with Gasteiger partial charge in [-0.15, -0.1) is 0 Å². The minimum absolute atomic E-state index is 0.107. The van der Waals surface area contributed by atoms with Gasteiger partial charge < -0.3 is 5.11 Å². The molecule has 104 valence electrons. The van der Waals surface area contributed by atoms with E-state index in [0.29, 0.717) is 6.54 Å². The fraction of sp³-hybridized carbons (Fsp3) is 0.636. The number of nitrogens with zero attached hydrogens (tertiary/aromatic N) is 5. The summed E-state index contributed by atoms with van der Waals surface area (Å²) < 4.78 is 1.33. The molecule has 0 amide bonds. The number of aliphatic hydroxyl groups excluding tert-OH is 1. The third kappa shape index (κ3) is 4.65. The first-order valence-electron chi connectivity index (χ1n) is 5.90. The summed E-state index contributed by atoms with van der Waals surface area (Å²) in [5.74, 6) is 0. The summed E-state index contributed by atoms with van der Waals surface area (Å²) in [4.78, 5) is 11.8. The van der Waals surface area contributed by atoms with Crippen molar-refractivity contribution in [2.45, 2.75) is 32.5 Å². The van der Waals surface area contributed by atoms with Crippen LogP contribution in [0.4, 0.5) is 5.69 Å². The first-order chi connectivity index (χ1) is 8.93. The Morgan fingerprint density at radius 1 is 1.68 bits per heavy atom. The molecule has 1 atom stereocenters. The normalized spacial score (nSPS) is 12.6. The van der Waals surface area contributed by atoms with Crippen molar-refractivity contribution >= 4 is 5.69 Å². The molecule has 0 aromatic carbocycles. The Bertz CT molecular complexity index is 465. The van der Waals surface area contributed by atoms with Crippen LogP contribution in [0.1, 0.15) is 13.8 Å². The van der Waals surface area contributed by atoms with Gasteiger partial charge in [-0.05, 0) is 13.8 Å². The van der Waals surface area contributed by atoms with E-state index in [9.17, 15) is 15.2 Å². The Morgan fingerprint density at radius 2 is 2.37 bits per heavy atom. The minimum atomic E-state index is -0.741. The summed E-state index contributed by atoms with van der Waals surface area (Å²) in [6.45, 7) is 4.57. The van der Waals surface area contributed by atoms with Crippen molar-refractivity contribution in [3.05, 3.63) is 22.5 Å². The molecular formula is C11H17N5O3. The van der Waals surface area contributed by atoms with Gasteiger partial charge in [0, 0.05) is 12.6 Å². The smallest absolute Gasteiger partial charge is 0.306 e. The number of aliphatic hydroxyl groups is 1. The van der Waals surface area contributed by atoms with Crippen molar-refractivity contribution in [3.63, 3.8) is 0 Å². The first-order valence-corrected chi connectivity index (χ1v) is 5.90. The zero-order valence-electron chi connectivity index (χ0n) is 10.9. The highest BCUT2D eigenvalue weighted by atomic mass is 16.6. The van der Waals surface area contributed by atoms with E-state index in [2.05, 4.69) is 5.10 Å². The summed E-state index contributed by atoms with van der Waals surface area (Å²) in [7, 11) is 0. The van der Waals surface area contributed by atoms with E-state index >= 15 is 0 Å². The van der Waals surface area contributed by atoms with E-state index in [0.717, 1.165) is 6.20 Å². The van der Waals surface area contributed by atoms with Crippen LogP contribution in [0.3, 0.4) is 0 Å². The predicted octanol–water partition coefficient (Wildman–Crippen LogP) is 0.386. The van der Waals surface area contributed by atoms with Gasteiger partial charge >= 0.3 is 5.69 Å². The van der Waals surface area contributed by atoms with E-state index in [1.54, 1.807) is 0 Å². The Morgan fingerprint density at radius 3 is 2.84 bits per heavy atom. The Hall–Kier alpha value is -1.98. The number of hydrogen-bond acceptors (Lipinski definition) is 6. The molecule has 0 fully saturated rings. The van der Waals surface area contributed by atoms with E-state index in [1.807, 2.05) is 24.8 Å². The van der Waals surface area contributed by atoms with Gasteiger partial charge in [0.2, 0.25) is 0 Å². The summed E-state index contributed by atoms with van der Waals surface area (Å²) >= 11 is 0. The standard InChI is InChI=1S/C11H17N5O3/c1-9(2)14(4-3-12)7-11(17)8-15-6-10(5-13-15)16(18)19/h5-6,9,11,17H,4,7-8H2,1-2H3. The number of rotatable bonds is 7. The van der Waals surface area contributed by atoms with Crippen LogP contribution in [0.25, 0.3) is 0 Å². The van der Waals surface area contributed by atoms with Crippen LogP contribution in [-0.2, 0) is 6.54 Å². The molecule has 0 bridgehead atoms. The maximum atomic E-state index is 10.5. The highest BCUT2D eigenvalue weighted by Gasteiger charge is 2.16. The first kappa shape index (κ1) is 15.1. The highest BCUT2D eigenvalue weighted by molar-refractivity contribution is 5.20. The lowest BCUT2D eigenvalue weighted by molar-refractivity contribution is -0.385. The van der Waals surface area contributed by atoms with Gasteiger partial charge in [0.1, 0.15) is 12.4 Å². The van der Waals surface area contributed by atoms with Crippen LogP contribution in [-0.4, -0.2) is 49.9 Å². The van der Waals surface area contributed by atoms with Crippen LogP contribution in [0.15, 0.2) is 12.4 Å². The number of hydrogen-bond donors (Lipinski definition) is 1. The van der Waals surface area contributed by atoms with E-state index in [-0.39, 0.29) is 24.8 Å². The molecule has 0 saturated heterocycles. The Balaban J connectivity index is 2.56. The Labute approximate surface area is 111 Å². The van der Waals surface area contributed by atoms with Gasteiger partial charge in [-0.2, -0.15) is 10.4 Å². The largest absolute Gasteiger partial charge is 0.390 e. The molecule has 0 radical (unpaired) electrons. The van der Waals surface area contributed by atoms with Crippen molar-refractivity contribution in [1.82, 2.24) is 14.7 Å². The molecule has 1 aromatic rings. The van der Waals surface area contributed by atoms with Crippen LogP contribution < -0.4 is 0 Å². The Kier molecular flexibility index (Phi) is 5.41. The maximum Gasteiger partial charge on any atom is 0.306 e. The summed E-state index contributed by atoms with van der Waals surface area (Å²) in [5, 5.41) is 32.9. The zero-order valence-corrected chi connectivity index (χ0v) is 10.9. The van der Waals surface area contributed by atoms with E-state index < -0.39 is 11.0 Å². The molecule has 1 N–H and O–H groups in total.